The Morgan fingerprint density at radius 1 is 1.09 bits per heavy atom. The van der Waals surface area contributed by atoms with Crippen LogP contribution in [0.25, 0.3) is 5.69 Å². The van der Waals surface area contributed by atoms with Crippen LogP contribution in [0.2, 0.25) is 0 Å². The first-order valence-corrected chi connectivity index (χ1v) is 10.9. The van der Waals surface area contributed by atoms with Crippen LogP contribution in [-0.4, -0.2) is 46.8 Å². The Morgan fingerprint density at radius 3 is 2.26 bits per heavy atom. The van der Waals surface area contributed by atoms with Crippen LogP contribution < -0.4 is 9.64 Å². The highest BCUT2D eigenvalue weighted by molar-refractivity contribution is 6.09. The first-order chi connectivity index (χ1) is 16.4. The summed E-state index contributed by atoms with van der Waals surface area (Å²) in [5.74, 6) is -0.314. The van der Waals surface area contributed by atoms with Crippen molar-refractivity contribution in [3.8, 4) is 11.4 Å². The Balaban J connectivity index is 0.00000158. The fourth-order valence-electron chi connectivity index (χ4n) is 3.63. The number of nitro groups is 1. The van der Waals surface area contributed by atoms with Gasteiger partial charge in [0.25, 0.3) is 11.6 Å². The van der Waals surface area contributed by atoms with Crippen LogP contribution in [0, 0.1) is 10.1 Å². The number of hydrogen-bond acceptors (Lipinski definition) is 7. The average molecular weight is 466 g/mol. The first-order valence-electron chi connectivity index (χ1n) is 10.9. The lowest BCUT2D eigenvalue weighted by Gasteiger charge is -2.27. The number of anilines is 1. The number of aromatic nitrogens is 2. The van der Waals surface area contributed by atoms with Crippen LogP contribution in [0.3, 0.4) is 0 Å². The normalized spacial score (nSPS) is 12.4. The number of rotatable bonds is 6. The smallest absolute Gasteiger partial charge is 0.359 e. The van der Waals surface area contributed by atoms with Gasteiger partial charge < -0.3 is 14.4 Å². The predicted molar refractivity (Wildman–Crippen MR) is 126 cm³/mol. The molecule has 1 aliphatic rings. The van der Waals surface area contributed by atoms with E-state index in [-0.39, 0.29) is 29.6 Å². The Labute approximate surface area is 196 Å². The summed E-state index contributed by atoms with van der Waals surface area (Å²) >= 11 is 0. The molecule has 2 aromatic carbocycles. The molecule has 0 saturated carbocycles. The number of carbonyl (C=O) groups is 2. The van der Waals surface area contributed by atoms with Gasteiger partial charge in [-0.15, -0.1) is 0 Å². The van der Waals surface area contributed by atoms with Gasteiger partial charge in [-0.25, -0.2) is 9.48 Å². The summed E-state index contributed by atoms with van der Waals surface area (Å²) < 4.78 is 11.8. The molecule has 0 bridgehead atoms. The molecule has 0 aliphatic carbocycles. The van der Waals surface area contributed by atoms with Crippen molar-refractivity contribution in [3.63, 3.8) is 0 Å². The summed E-state index contributed by atoms with van der Waals surface area (Å²) in [4.78, 5) is 38.0. The molecule has 1 aromatic heterocycles. The predicted octanol–water partition coefficient (Wildman–Crippen LogP) is 4.19. The highest BCUT2D eigenvalue weighted by atomic mass is 16.6. The van der Waals surface area contributed by atoms with Gasteiger partial charge in [0.15, 0.2) is 5.69 Å². The van der Waals surface area contributed by atoms with Gasteiger partial charge in [-0.2, -0.15) is 5.10 Å². The van der Waals surface area contributed by atoms with Crippen LogP contribution in [0.15, 0.2) is 48.5 Å². The van der Waals surface area contributed by atoms with Crippen LogP contribution in [0.4, 0.5) is 11.4 Å². The van der Waals surface area contributed by atoms with Gasteiger partial charge >= 0.3 is 5.97 Å². The molecule has 178 valence electrons. The van der Waals surface area contributed by atoms with Crippen molar-refractivity contribution in [2.45, 2.75) is 27.2 Å². The molecule has 0 unspecified atom stereocenters. The lowest BCUT2D eigenvalue weighted by molar-refractivity contribution is -0.384. The van der Waals surface area contributed by atoms with Crippen LogP contribution >= 0.6 is 0 Å². The van der Waals surface area contributed by atoms with Crippen molar-refractivity contribution in [1.82, 2.24) is 9.78 Å². The Morgan fingerprint density at radius 2 is 1.71 bits per heavy atom. The van der Waals surface area contributed by atoms with E-state index < -0.39 is 10.9 Å². The number of fused-ring (bicyclic) bond motifs is 1. The van der Waals surface area contributed by atoms with Gasteiger partial charge in [-0.1, -0.05) is 13.8 Å². The van der Waals surface area contributed by atoms with Crippen molar-refractivity contribution in [3.05, 3.63) is 75.6 Å². The number of hydrogen-bond donors (Lipinski definition) is 0. The standard InChI is InChI=1S/C22H20N4O6.C2H6/c1-3-32-22(28)19-18-12-13-24(14-4-6-16(7-5-14)26(29)30)21(27)20(18)25(23-19)15-8-10-17(31-2)11-9-15;1-2/h4-11H,3,12-13H2,1-2H3;1-2H3. The molecule has 0 atom stereocenters. The molecule has 10 nitrogen and oxygen atoms in total. The SMILES string of the molecule is CC.CCOC(=O)c1nn(-c2ccc(OC)cc2)c2c1CCN(c1ccc([N+](=O)[O-])cc1)C2=O. The van der Waals surface area contributed by atoms with Crippen molar-refractivity contribution in [2.75, 3.05) is 25.2 Å². The van der Waals surface area contributed by atoms with E-state index in [1.54, 1.807) is 38.3 Å². The van der Waals surface area contributed by atoms with Gasteiger partial charge in [-0.05, 0) is 49.7 Å². The van der Waals surface area contributed by atoms with Crippen molar-refractivity contribution < 1.29 is 24.0 Å². The molecular weight excluding hydrogens is 440 g/mol. The zero-order valence-electron chi connectivity index (χ0n) is 19.5. The molecule has 0 fully saturated rings. The minimum atomic E-state index is -0.590. The van der Waals surface area contributed by atoms with E-state index in [4.69, 9.17) is 9.47 Å². The van der Waals surface area contributed by atoms with Crippen molar-refractivity contribution in [2.24, 2.45) is 0 Å². The van der Waals surface area contributed by atoms with Crippen molar-refractivity contribution >= 4 is 23.3 Å². The van der Waals surface area contributed by atoms with E-state index in [0.717, 1.165) is 0 Å². The molecular formula is C24H26N4O6. The summed E-state index contributed by atoms with van der Waals surface area (Å²) in [7, 11) is 1.55. The third-order valence-electron chi connectivity index (χ3n) is 5.17. The highest BCUT2D eigenvalue weighted by Crippen LogP contribution is 2.30. The molecule has 10 heteroatoms. The lowest BCUT2D eigenvalue weighted by atomic mass is 10.0. The lowest BCUT2D eigenvalue weighted by Crippen LogP contribution is -2.39. The summed E-state index contributed by atoms with van der Waals surface area (Å²) in [6, 6.07) is 12.7. The fourth-order valence-corrected chi connectivity index (χ4v) is 3.63. The quantitative estimate of drug-likeness (QED) is 0.304. The maximum atomic E-state index is 13.5. The van der Waals surface area contributed by atoms with E-state index in [0.29, 0.717) is 35.7 Å². The van der Waals surface area contributed by atoms with E-state index in [1.807, 2.05) is 13.8 Å². The molecule has 1 amide bonds. The number of carbonyl (C=O) groups excluding carboxylic acids is 2. The van der Waals surface area contributed by atoms with Crippen LogP contribution in [0.5, 0.6) is 5.75 Å². The third-order valence-corrected chi connectivity index (χ3v) is 5.17. The summed E-state index contributed by atoms with van der Waals surface area (Å²) in [6.07, 6.45) is 0.377. The zero-order chi connectivity index (χ0) is 24.8. The number of nitrogens with zero attached hydrogens (tertiary/aromatic N) is 4. The summed E-state index contributed by atoms with van der Waals surface area (Å²) in [5, 5.41) is 15.4. The Hall–Kier alpha value is -4.21. The Bertz CT molecular complexity index is 1190. The number of benzene rings is 2. The number of nitro benzene ring substituents is 1. The average Bonchev–Trinajstić information content (AvgIpc) is 3.26. The second-order valence-electron chi connectivity index (χ2n) is 6.99. The van der Waals surface area contributed by atoms with E-state index in [1.165, 1.54) is 33.8 Å². The van der Waals surface area contributed by atoms with Crippen molar-refractivity contribution in [1.29, 1.82) is 0 Å². The largest absolute Gasteiger partial charge is 0.497 e. The number of amides is 1. The number of non-ortho nitro benzene ring substituents is 1. The molecule has 0 spiro atoms. The maximum absolute atomic E-state index is 13.5. The van der Waals surface area contributed by atoms with Gasteiger partial charge in [0, 0.05) is 29.9 Å². The van der Waals surface area contributed by atoms with E-state index in [9.17, 15) is 19.7 Å². The molecule has 0 radical (unpaired) electrons. The van der Waals surface area contributed by atoms with E-state index in [2.05, 4.69) is 5.10 Å². The highest BCUT2D eigenvalue weighted by Gasteiger charge is 2.35. The number of methoxy groups -OCH3 is 1. The van der Waals surface area contributed by atoms with Gasteiger partial charge in [0.1, 0.15) is 11.4 Å². The molecule has 2 heterocycles. The molecule has 34 heavy (non-hydrogen) atoms. The monoisotopic (exact) mass is 466 g/mol. The summed E-state index contributed by atoms with van der Waals surface area (Å²) in [6.45, 7) is 6.18. The second-order valence-corrected chi connectivity index (χ2v) is 6.99. The van der Waals surface area contributed by atoms with Crippen LogP contribution in [0.1, 0.15) is 47.3 Å². The van der Waals surface area contributed by atoms with Gasteiger partial charge in [-0.3, -0.25) is 14.9 Å². The zero-order valence-corrected chi connectivity index (χ0v) is 19.5. The molecule has 0 N–H and O–H groups in total. The Kier molecular flexibility index (Phi) is 7.62. The number of ether oxygens (including phenoxy) is 2. The van der Waals surface area contributed by atoms with Gasteiger partial charge in [0.2, 0.25) is 0 Å². The topological polar surface area (TPSA) is 117 Å². The third kappa shape index (κ3) is 4.61. The minimum absolute atomic E-state index is 0.0632. The maximum Gasteiger partial charge on any atom is 0.359 e. The number of esters is 1. The summed E-state index contributed by atoms with van der Waals surface area (Å²) in [5.41, 5.74) is 1.91. The molecule has 0 saturated heterocycles. The van der Waals surface area contributed by atoms with Gasteiger partial charge in [0.05, 0.1) is 24.3 Å². The molecule has 4 rings (SSSR count). The van der Waals surface area contributed by atoms with E-state index >= 15 is 0 Å². The fraction of sp³-hybridized carbons (Fsp3) is 0.292. The van der Waals surface area contributed by atoms with Crippen LogP contribution in [-0.2, 0) is 11.2 Å². The first kappa shape index (κ1) is 24.4. The molecule has 3 aromatic rings. The minimum Gasteiger partial charge on any atom is -0.497 e. The second kappa shape index (κ2) is 10.6. The molecule has 1 aliphatic heterocycles.